The molecule has 4 heteroatoms. The number of benzene rings is 1. The molecule has 1 N–H and O–H groups in total. The average Bonchev–Trinajstić information content (AvgIpc) is 2.54. The minimum Gasteiger partial charge on any atom is -0.489 e. The fourth-order valence-electron chi connectivity index (χ4n) is 2.18. The first kappa shape index (κ1) is 13.4. The van der Waals surface area contributed by atoms with Crippen molar-refractivity contribution >= 4 is 16.7 Å². The Morgan fingerprint density at radius 3 is 2.81 bits per heavy atom. The molecule has 0 bridgehead atoms. The maximum Gasteiger partial charge on any atom is 0.132 e. The van der Waals surface area contributed by atoms with Crippen molar-refractivity contribution in [1.82, 2.24) is 9.97 Å². The molecule has 106 valence electrons. The summed E-state index contributed by atoms with van der Waals surface area (Å²) in [6, 6.07) is 13.8. The number of fused-ring (bicyclic) bond motifs is 1. The van der Waals surface area contributed by atoms with Crippen molar-refractivity contribution in [3.8, 4) is 5.75 Å². The maximum absolute atomic E-state index is 5.87. The van der Waals surface area contributed by atoms with E-state index in [-0.39, 0.29) is 0 Å². The molecule has 21 heavy (non-hydrogen) atoms. The Morgan fingerprint density at radius 1 is 1.05 bits per heavy atom. The number of anilines is 1. The van der Waals surface area contributed by atoms with E-state index in [0.29, 0.717) is 6.61 Å². The number of aromatic nitrogens is 2. The Labute approximate surface area is 123 Å². The molecule has 2 heterocycles. The minimum absolute atomic E-state index is 0.481. The predicted molar refractivity (Wildman–Crippen MR) is 84.5 cm³/mol. The molecular formula is C17H17N3O. The first-order valence-electron chi connectivity index (χ1n) is 7.02. The van der Waals surface area contributed by atoms with Crippen LogP contribution >= 0.6 is 0 Å². The first-order valence-corrected chi connectivity index (χ1v) is 7.02. The van der Waals surface area contributed by atoms with Gasteiger partial charge in [0.05, 0.1) is 5.52 Å². The summed E-state index contributed by atoms with van der Waals surface area (Å²) in [4.78, 5) is 8.67. The summed E-state index contributed by atoms with van der Waals surface area (Å²) >= 11 is 0. The highest BCUT2D eigenvalue weighted by Crippen LogP contribution is 2.21. The highest BCUT2D eigenvalue weighted by atomic mass is 16.5. The second-order valence-corrected chi connectivity index (χ2v) is 4.69. The highest BCUT2D eigenvalue weighted by Gasteiger charge is 2.04. The molecule has 0 unspecified atom stereocenters. The van der Waals surface area contributed by atoms with E-state index in [1.165, 1.54) is 0 Å². The van der Waals surface area contributed by atoms with Gasteiger partial charge in [-0.2, -0.15) is 0 Å². The molecule has 0 atom stereocenters. The molecule has 4 nitrogen and oxygen atoms in total. The van der Waals surface area contributed by atoms with Gasteiger partial charge in [0.25, 0.3) is 0 Å². The van der Waals surface area contributed by atoms with Crippen LogP contribution in [-0.2, 0) is 6.61 Å². The molecule has 3 rings (SSSR count). The second-order valence-electron chi connectivity index (χ2n) is 4.69. The summed E-state index contributed by atoms with van der Waals surface area (Å²) in [7, 11) is 0. The van der Waals surface area contributed by atoms with Gasteiger partial charge < -0.3 is 10.1 Å². The van der Waals surface area contributed by atoms with Crippen LogP contribution in [0.25, 0.3) is 10.9 Å². The highest BCUT2D eigenvalue weighted by molar-refractivity contribution is 5.79. The van der Waals surface area contributed by atoms with E-state index in [2.05, 4.69) is 15.3 Å². The van der Waals surface area contributed by atoms with Crippen LogP contribution in [0.3, 0.4) is 0 Å². The standard InChI is InChI=1S/C17H17N3O/c1-2-18-17-14(6-4-10-20-17)12-21-15-8-7-13-5-3-9-19-16(13)11-15/h3-11H,2,12H2,1H3,(H,18,20). The topological polar surface area (TPSA) is 47.0 Å². The van der Waals surface area contributed by atoms with Crippen LogP contribution in [0.4, 0.5) is 5.82 Å². The quantitative estimate of drug-likeness (QED) is 0.774. The fraction of sp³-hybridized carbons (Fsp3) is 0.176. The number of rotatable bonds is 5. The molecule has 2 aromatic heterocycles. The van der Waals surface area contributed by atoms with Crippen LogP contribution in [0.1, 0.15) is 12.5 Å². The van der Waals surface area contributed by atoms with E-state index in [1.54, 1.807) is 12.4 Å². The lowest BCUT2D eigenvalue weighted by molar-refractivity contribution is 0.307. The van der Waals surface area contributed by atoms with Crippen molar-refractivity contribution in [1.29, 1.82) is 0 Å². The number of nitrogens with zero attached hydrogens (tertiary/aromatic N) is 2. The molecule has 0 spiro atoms. The van der Waals surface area contributed by atoms with E-state index in [0.717, 1.165) is 34.6 Å². The molecular weight excluding hydrogens is 262 g/mol. The van der Waals surface area contributed by atoms with Gasteiger partial charge in [0, 0.05) is 36.0 Å². The van der Waals surface area contributed by atoms with Crippen LogP contribution < -0.4 is 10.1 Å². The third-order valence-electron chi connectivity index (χ3n) is 3.21. The summed E-state index contributed by atoms with van der Waals surface area (Å²) in [5.74, 6) is 1.69. The number of hydrogen-bond donors (Lipinski definition) is 1. The summed E-state index contributed by atoms with van der Waals surface area (Å²) in [5, 5.41) is 4.35. The lowest BCUT2D eigenvalue weighted by Gasteiger charge is -2.11. The summed E-state index contributed by atoms with van der Waals surface area (Å²) < 4.78 is 5.87. The Balaban J connectivity index is 1.77. The van der Waals surface area contributed by atoms with Gasteiger partial charge in [0.2, 0.25) is 0 Å². The number of ether oxygens (including phenoxy) is 1. The molecule has 0 aliphatic carbocycles. The van der Waals surface area contributed by atoms with Crippen LogP contribution in [-0.4, -0.2) is 16.5 Å². The van der Waals surface area contributed by atoms with Crippen molar-refractivity contribution in [2.24, 2.45) is 0 Å². The van der Waals surface area contributed by atoms with Crippen LogP contribution in [0.15, 0.2) is 54.9 Å². The maximum atomic E-state index is 5.87. The van der Waals surface area contributed by atoms with Crippen LogP contribution in [0.2, 0.25) is 0 Å². The zero-order valence-corrected chi connectivity index (χ0v) is 11.9. The molecule has 3 aromatic rings. The average molecular weight is 279 g/mol. The van der Waals surface area contributed by atoms with E-state index < -0.39 is 0 Å². The van der Waals surface area contributed by atoms with Gasteiger partial charge in [-0.3, -0.25) is 4.98 Å². The lowest BCUT2D eigenvalue weighted by Crippen LogP contribution is -2.05. The van der Waals surface area contributed by atoms with E-state index in [9.17, 15) is 0 Å². The molecule has 0 aliphatic rings. The van der Waals surface area contributed by atoms with Crippen molar-refractivity contribution in [3.05, 3.63) is 60.4 Å². The molecule has 0 saturated heterocycles. The number of nitrogens with one attached hydrogen (secondary N) is 1. The Morgan fingerprint density at radius 2 is 1.90 bits per heavy atom. The van der Waals surface area contributed by atoms with Crippen LogP contribution in [0.5, 0.6) is 5.75 Å². The molecule has 1 aromatic carbocycles. The Kier molecular flexibility index (Phi) is 3.96. The first-order chi connectivity index (χ1) is 10.4. The van der Waals surface area contributed by atoms with Crippen molar-refractivity contribution in [3.63, 3.8) is 0 Å². The van der Waals surface area contributed by atoms with E-state index >= 15 is 0 Å². The van der Waals surface area contributed by atoms with Gasteiger partial charge in [0.1, 0.15) is 18.2 Å². The van der Waals surface area contributed by atoms with Gasteiger partial charge >= 0.3 is 0 Å². The van der Waals surface area contributed by atoms with Gasteiger partial charge in [-0.15, -0.1) is 0 Å². The summed E-state index contributed by atoms with van der Waals surface area (Å²) in [6.07, 6.45) is 3.57. The molecule has 0 saturated carbocycles. The minimum atomic E-state index is 0.481. The van der Waals surface area contributed by atoms with Gasteiger partial charge in [-0.25, -0.2) is 4.98 Å². The predicted octanol–water partition coefficient (Wildman–Crippen LogP) is 3.64. The normalized spacial score (nSPS) is 10.5. The molecule has 0 fully saturated rings. The van der Waals surface area contributed by atoms with Crippen LogP contribution in [0, 0.1) is 0 Å². The Bertz CT molecular complexity index is 743. The van der Waals surface area contributed by atoms with Gasteiger partial charge in [-0.1, -0.05) is 12.1 Å². The smallest absolute Gasteiger partial charge is 0.132 e. The molecule has 0 amide bonds. The zero-order chi connectivity index (χ0) is 14.5. The van der Waals surface area contributed by atoms with Crippen molar-refractivity contribution in [2.45, 2.75) is 13.5 Å². The molecule has 0 radical (unpaired) electrons. The Hall–Kier alpha value is -2.62. The summed E-state index contributed by atoms with van der Waals surface area (Å²) in [5.41, 5.74) is 1.98. The van der Waals surface area contributed by atoms with Crippen molar-refractivity contribution < 1.29 is 4.74 Å². The SMILES string of the molecule is CCNc1ncccc1COc1ccc2cccnc2c1. The van der Waals surface area contributed by atoms with E-state index in [1.807, 2.05) is 49.4 Å². The molecule has 0 aliphatic heterocycles. The zero-order valence-electron chi connectivity index (χ0n) is 11.9. The summed E-state index contributed by atoms with van der Waals surface area (Å²) in [6.45, 7) is 3.37. The third-order valence-corrected chi connectivity index (χ3v) is 3.21. The van der Waals surface area contributed by atoms with Gasteiger partial charge in [0.15, 0.2) is 0 Å². The number of pyridine rings is 2. The van der Waals surface area contributed by atoms with Gasteiger partial charge in [-0.05, 0) is 31.2 Å². The monoisotopic (exact) mass is 279 g/mol. The number of hydrogen-bond acceptors (Lipinski definition) is 4. The largest absolute Gasteiger partial charge is 0.489 e. The third kappa shape index (κ3) is 3.11. The second kappa shape index (κ2) is 6.22. The lowest BCUT2D eigenvalue weighted by atomic mass is 10.2. The fourth-order valence-corrected chi connectivity index (χ4v) is 2.18. The van der Waals surface area contributed by atoms with Crippen molar-refractivity contribution in [2.75, 3.05) is 11.9 Å². The van der Waals surface area contributed by atoms with E-state index in [4.69, 9.17) is 4.74 Å².